The molecule has 0 unspecified atom stereocenters. The lowest BCUT2D eigenvalue weighted by molar-refractivity contribution is 0.598. The van der Waals surface area contributed by atoms with Gasteiger partial charge in [-0.15, -0.1) is 0 Å². The molecule has 0 aliphatic rings. The maximum Gasteiger partial charge on any atom is 0.238 e. The lowest BCUT2D eigenvalue weighted by Crippen LogP contribution is -2.13. The summed E-state index contributed by atoms with van der Waals surface area (Å²) in [4.78, 5) is 4.53. The van der Waals surface area contributed by atoms with Gasteiger partial charge in [0.15, 0.2) is 0 Å². The average Bonchev–Trinajstić information content (AvgIpc) is 3.05. The Bertz CT molecular complexity index is 1180. The second-order valence-corrected chi connectivity index (χ2v) is 7.63. The number of aromatic nitrogens is 2. The van der Waals surface area contributed by atoms with Gasteiger partial charge in [-0.2, -0.15) is 0 Å². The number of nitrogens with zero attached hydrogens (tertiary/aromatic N) is 2. The van der Waals surface area contributed by atoms with E-state index in [0.29, 0.717) is 12.1 Å². The first-order valence-corrected chi connectivity index (χ1v) is 9.68. The first-order valence-electron chi connectivity index (χ1n) is 8.13. The number of para-hydroxylation sites is 2. The highest BCUT2D eigenvalue weighted by atomic mass is 32.2. The molecule has 0 saturated carbocycles. The largest absolute Gasteiger partial charge is 0.326 e. The lowest BCUT2D eigenvalue weighted by atomic mass is 10.0. The van der Waals surface area contributed by atoms with Gasteiger partial charge >= 0.3 is 0 Å². The van der Waals surface area contributed by atoms with Crippen molar-refractivity contribution in [2.75, 3.05) is 0 Å². The Morgan fingerprint density at radius 3 is 2.35 bits per heavy atom. The predicted octanol–water partition coefficient (Wildman–Crippen LogP) is 3.40. The summed E-state index contributed by atoms with van der Waals surface area (Å²) < 4.78 is 25.7. The highest BCUT2D eigenvalue weighted by molar-refractivity contribution is 7.89. The molecule has 5 nitrogen and oxygen atoms in total. The first-order chi connectivity index (χ1) is 12.5. The second-order valence-electron chi connectivity index (χ2n) is 6.10. The predicted molar refractivity (Wildman–Crippen MR) is 102 cm³/mol. The molecule has 2 N–H and O–H groups in total. The third-order valence-electron chi connectivity index (χ3n) is 4.34. The molecule has 0 amide bonds. The minimum Gasteiger partial charge on any atom is -0.326 e. The maximum absolute atomic E-state index is 11.8. The zero-order chi connectivity index (χ0) is 18.1. The van der Waals surface area contributed by atoms with Gasteiger partial charge in [-0.25, -0.2) is 18.5 Å². The summed E-state index contributed by atoms with van der Waals surface area (Å²) in [6.45, 7) is 0.692. The van der Waals surface area contributed by atoms with Crippen molar-refractivity contribution >= 4 is 21.1 Å². The molecule has 4 aromatic rings. The summed E-state index contributed by atoms with van der Waals surface area (Å²) in [5.41, 5.74) is 4.57. The Morgan fingerprint density at radius 2 is 1.58 bits per heavy atom. The van der Waals surface area contributed by atoms with E-state index >= 15 is 0 Å². The number of hydrogen-bond acceptors (Lipinski definition) is 3. The van der Waals surface area contributed by atoms with Gasteiger partial charge in [-0.1, -0.05) is 54.6 Å². The molecule has 0 aliphatic heterocycles. The van der Waals surface area contributed by atoms with Gasteiger partial charge in [-0.3, -0.25) is 0 Å². The van der Waals surface area contributed by atoms with Crippen LogP contribution in [-0.2, 0) is 16.6 Å². The molecule has 130 valence electrons. The van der Waals surface area contributed by atoms with E-state index in [4.69, 9.17) is 5.14 Å². The van der Waals surface area contributed by atoms with Crippen LogP contribution in [0.2, 0.25) is 0 Å². The van der Waals surface area contributed by atoms with E-state index in [0.717, 1.165) is 22.2 Å². The SMILES string of the molecule is NS(=O)(=O)c1ccccc1-c1ccc(Cn2cnc3ccccc32)cc1. The molecule has 1 aromatic heterocycles. The van der Waals surface area contributed by atoms with E-state index in [1.807, 2.05) is 54.9 Å². The molecule has 0 radical (unpaired) electrons. The number of hydrogen-bond donors (Lipinski definition) is 1. The zero-order valence-electron chi connectivity index (χ0n) is 13.9. The quantitative estimate of drug-likeness (QED) is 0.604. The first kappa shape index (κ1) is 16.5. The Hall–Kier alpha value is -2.96. The molecule has 26 heavy (non-hydrogen) atoms. The normalized spacial score (nSPS) is 11.7. The molecular weight excluding hydrogens is 346 g/mol. The van der Waals surface area contributed by atoms with Gasteiger partial charge in [-0.05, 0) is 29.3 Å². The third-order valence-corrected chi connectivity index (χ3v) is 5.31. The van der Waals surface area contributed by atoms with Gasteiger partial charge in [0, 0.05) is 12.1 Å². The molecule has 4 rings (SSSR count). The summed E-state index contributed by atoms with van der Waals surface area (Å²) in [7, 11) is -3.77. The number of sulfonamides is 1. The van der Waals surface area contributed by atoms with Gasteiger partial charge in [0.05, 0.1) is 22.3 Å². The van der Waals surface area contributed by atoms with Crippen molar-refractivity contribution in [2.24, 2.45) is 5.14 Å². The zero-order valence-corrected chi connectivity index (χ0v) is 14.7. The van der Waals surface area contributed by atoms with E-state index in [1.54, 1.807) is 18.2 Å². The van der Waals surface area contributed by atoms with Crippen LogP contribution in [0.25, 0.3) is 22.2 Å². The van der Waals surface area contributed by atoms with Crippen LogP contribution in [0.15, 0.2) is 84.0 Å². The topological polar surface area (TPSA) is 78.0 Å². The van der Waals surface area contributed by atoms with Gasteiger partial charge < -0.3 is 4.57 Å². The molecule has 6 heteroatoms. The standard InChI is InChI=1S/C20H17N3O2S/c21-26(24,25)20-8-4-1-5-17(20)16-11-9-15(10-12-16)13-23-14-22-18-6-2-3-7-19(18)23/h1-12,14H,13H2,(H2,21,24,25). The minimum absolute atomic E-state index is 0.133. The summed E-state index contributed by atoms with van der Waals surface area (Å²) in [6.07, 6.45) is 1.83. The number of primary sulfonamides is 1. The van der Waals surface area contributed by atoms with Crippen molar-refractivity contribution < 1.29 is 8.42 Å². The maximum atomic E-state index is 11.8. The van der Waals surface area contributed by atoms with Gasteiger partial charge in [0.2, 0.25) is 10.0 Å². The lowest BCUT2D eigenvalue weighted by Gasteiger charge is -2.09. The van der Waals surface area contributed by atoms with Crippen molar-refractivity contribution in [1.82, 2.24) is 9.55 Å². The molecule has 0 bridgehead atoms. The Labute approximate surface area is 151 Å². The van der Waals surface area contributed by atoms with Gasteiger partial charge in [0.1, 0.15) is 0 Å². The molecule has 1 heterocycles. The number of benzene rings is 3. The summed E-state index contributed by atoms with van der Waals surface area (Å²) >= 11 is 0. The Morgan fingerprint density at radius 1 is 0.885 bits per heavy atom. The number of fused-ring (bicyclic) bond motifs is 1. The molecule has 0 fully saturated rings. The average molecular weight is 363 g/mol. The van der Waals surface area contributed by atoms with Crippen LogP contribution in [0.3, 0.4) is 0 Å². The second kappa shape index (κ2) is 6.40. The highest BCUT2D eigenvalue weighted by Gasteiger charge is 2.14. The van der Waals surface area contributed by atoms with Crippen molar-refractivity contribution in [2.45, 2.75) is 11.4 Å². The van der Waals surface area contributed by atoms with Crippen LogP contribution in [0.4, 0.5) is 0 Å². The Balaban J connectivity index is 1.66. The van der Waals surface area contributed by atoms with Crippen LogP contribution in [0, 0.1) is 0 Å². The van der Waals surface area contributed by atoms with E-state index in [9.17, 15) is 8.42 Å². The molecule has 0 aliphatic carbocycles. The van der Waals surface area contributed by atoms with Crippen LogP contribution < -0.4 is 5.14 Å². The van der Waals surface area contributed by atoms with Crippen molar-refractivity contribution in [3.05, 3.63) is 84.7 Å². The summed E-state index contributed by atoms with van der Waals surface area (Å²) in [5, 5.41) is 5.33. The van der Waals surface area contributed by atoms with E-state index in [2.05, 4.69) is 9.55 Å². The van der Waals surface area contributed by atoms with Crippen LogP contribution >= 0.6 is 0 Å². The summed E-state index contributed by atoms with van der Waals surface area (Å²) in [6, 6.07) is 22.6. The number of rotatable bonds is 4. The van der Waals surface area contributed by atoms with E-state index in [1.165, 1.54) is 6.07 Å². The van der Waals surface area contributed by atoms with Crippen LogP contribution in [0.1, 0.15) is 5.56 Å². The monoisotopic (exact) mass is 363 g/mol. The van der Waals surface area contributed by atoms with E-state index < -0.39 is 10.0 Å². The van der Waals surface area contributed by atoms with Gasteiger partial charge in [0.25, 0.3) is 0 Å². The molecule has 3 aromatic carbocycles. The van der Waals surface area contributed by atoms with E-state index in [-0.39, 0.29) is 4.90 Å². The number of imidazole rings is 1. The molecule has 0 atom stereocenters. The fourth-order valence-electron chi connectivity index (χ4n) is 3.08. The fraction of sp³-hybridized carbons (Fsp3) is 0.0500. The molecule has 0 spiro atoms. The van der Waals surface area contributed by atoms with Crippen LogP contribution in [0.5, 0.6) is 0 Å². The number of nitrogens with two attached hydrogens (primary N) is 1. The third kappa shape index (κ3) is 3.12. The molecular formula is C20H17N3O2S. The smallest absolute Gasteiger partial charge is 0.238 e. The molecule has 0 saturated heterocycles. The van der Waals surface area contributed by atoms with Crippen LogP contribution in [-0.4, -0.2) is 18.0 Å². The fourth-order valence-corrected chi connectivity index (χ4v) is 3.84. The van der Waals surface area contributed by atoms with Crippen molar-refractivity contribution in [3.8, 4) is 11.1 Å². The van der Waals surface area contributed by atoms with Crippen molar-refractivity contribution in [1.29, 1.82) is 0 Å². The minimum atomic E-state index is -3.77. The summed E-state index contributed by atoms with van der Waals surface area (Å²) in [5.74, 6) is 0. The highest BCUT2D eigenvalue weighted by Crippen LogP contribution is 2.27. The Kier molecular flexibility index (Phi) is 4.06. The van der Waals surface area contributed by atoms with Crippen molar-refractivity contribution in [3.63, 3.8) is 0 Å².